The van der Waals surface area contributed by atoms with Crippen LogP contribution in [-0.4, -0.2) is 15.5 Å². The molecule has 0 aliphatic rings. The highest BCUT2D eigenvalue weighted by molar-refractivity contribution is 8.04. The Morgan fingerprint density at radius 3 is 2.38 bits per heavy atom. The van der Waals surface area contributed by atoms with Gasteiger partial charge in [-0.25, -0.2) is 8.42 Å². The van der Waals surface area contributed by atoms with E-state index in [0.29, 0.717) is 22.2 Å². The number of benzene rings is 3. The van der Waals surface area contributed by atoms with E-state index in [1.165, 1.54) is 31.0 Å². The highest BCUT2D eigenvalue weighted by atomic mass is 35.5. The van der Waals surface area contributed by atoms with Crippen molar-refractivity contribution in [1.82, 2.24) is 0 Å². The number of rotatable bonds is 8. The van der Waals surface area contributed by atoms with Gasteiger partial charge in [0, 0.05) is 11.4 Å². The molecule has 0 aliphatic carbocycles. The predicted molar refractivity (Wildman–Crippen MR) is 130 cm³/mol. The number of halogens is 1. The lowest BCUT2D eigenvalue weighted by Crippen LogP contribution is -2.10. The molecule has 3 aromatic carbocycles. The first-order valence-corrected chi connectivity index (χ1v) is 12.4. The number of hydrogen-bond acceptors (Lipinski definition) is 6. The number of anilines is 1. The van der Waals surface area contributed by atoms with Crippen molar-refractivity contribution in [2.75, 3.05) is 12.4 Å². The summed E-state index contributed by atoms with van der Waals surface area (Å²) in [7, 11) is -2.52. The molecule has 0 amide bonds. The van der Waals surface area contributed by atoms with Crippen LogP contribution in [0.5, 0.6) is 5.75 Å². The Balaban J connectivity index is 2.04. The Kier molecular flexibility index (Phi) is 7.86. The van der Waals surface area contributed by atoms with Crippen LogP contribution in [0.2, 0.25) is 5.02 Å². The Morgan fingerprint density at radius 1 is 1.09 bits per heavy atom. The van der Waals surface area contributed by atoms with E-state index in [0.717, 1.165) is 11.1 Å². The van der Waals surface area contributed by atoms with Crippen LogP contribution in [0.3, 0.4) is 0 Å². The quantitative estimate of drug-likeness (QED) is 0.385. The van der Waals surface area contributed by atoms with Crippen molar-refractivity contribution in [1.29, 1.82) is 5.26 Å². The molecule has 5 nitrogen and oxygen atoms in total. The molecule has 0 atom stereocenters. The van der Waals surface area contributed by atoms with Gasteiger partial charge < -0.3 is 10.1 Å². The van der Waals surface area contributed by atoms with Crippen LogP contribution in [0, 0.1) is 18.3 Å². The second-order valence-electron chi connectivity index (χ2n) is 6.84. The fourth-order valence-electron chi connectivity index (χ4n) is 2.82. The summed E-state index contributed by atoms with van der Waals surface area (Å²) in [6, 6.07) is 22.7. The Labute approximate surface area is 197 Å². The maximum Gasteiger partial charge on any atom is 0.219 e. The molecular formula is C24H21ClN2O3S2. The number of ether oxygens (including phenoxy) is 1. The zero-order chi connectivity index (χ0) is 23.1. The first-order valence-electron chi connectivity index (χ1n) is 9.58. The van der Waals surface area contributed by atoms with Gasteiger partial charge in [0.2, 0.25) is 9.84 Å². The van der Waals surface area contributed by atoms with Gasteiger partial charge in [0.05, 0.1) is 17.0 Å². The molecule has 0 bridgehead atoms. The number of thioether (sulfide) groups is 1. The van der Waals surface area contributed by atoms with E-state index in [1.807, 2.05) is 37.3 Å². The van der Waals surface area contributed by atoms with Gasteiger partial charge in [0.1, 0.15) is 16.8 Å². The van der Waals surface area contributed by atoms with Crippen LogP contribution in [0.25, 0.3) is 0 Å². The number of methoxy groups -OCH3 is 1. The monoisotopic (exact) mass is 484 g/mol. The molecule has 0 heterocycles. The Morgan fingerprint density at radius 2 is 1.78 bits per heavy atom. The summed E-state index contributed by atoms with van der Waals surface area (Å²) >= 11 is 7.47. The van der Waals surface area contributed by atoms with Gasteiger partial charge in [-0.15, -0.1) is 11.8 Å². The van der Waals surface area contributed by atoms with E-state index in [9.17, 15) is 13.7 Å². The van der Waals surface area contributed by atoms with Crippen LogP contribution in [0.4, 0.5) is 5.69 Å². The third kappa shape index (κ3) is 5.65. The molecule has 0 saturated heterocycles. The lowest BCUT2D eigenvalue weighted by molar-refractivity contribution is 0.415. The van der Waals surface area contributed by atoms with Gasteiger partial charge >= 0.3 is 0 Å². The Hall–Kier alpha value is -2.92. The molecule has 3 aromatic rings. The van der Waals surface area contributed by atoms with E-state index in [1.54, 1.807) is 36.4 Å². The molecule has 8 heteroatoms. The molecule has 0 spiro atoms. The third-order valence-electron chi connectivity index (χ3n) is 4.54. The Bertz CT molecular complexity index is 1270. The highest BCUT2D eigenvalue weighted by Crippen LogP contribution is 2.33. The number of aryl methyl sites for hydroxylation is 1. The normalized spacial score (nSPS) is 11.9. The number of hydrogen-bond donors (Lipinski definition) is 1. The summed E-state index contributed by atoms with van der Waals surface area (Å²) in [5, 5.41) is 13.5. The largest absolute Gasteiger partial charge is 0.495 e. The topological polar surface area (TPSA) is 79.2 Å². The minimum atomic E-state index is -4.03. The van der Waals surface area contributed by atoms with Gasteiger partial charge in [0.25, 0.3) is 0 Å². The van der Waals surface area contributed by atoms with Crippen molar-refractivity contribution in [2.45, 2.75) is 17.6 Å². The van der Waals surface area contributed by atoms with Crippen molar-refractivity contribution in [3.05, 3.63) is 98.9 Å². The predicted octanol–water partition coefficient (Wildman–Crippen LogP) is 6.17. The molecule has 0 radical (unpaired) electrons. The molecule has 1 N–H and O–H groups in total. The van der Waals surface area contributed by atoms with E-state index >= 15 is 0 Å². The molecule has 0 aliphatic heterocycles. The summed E-state index contributed by atoms with van der Waals surface area (Å²) in [6.45, 7) is 2.00. The maximum atomic E-state index is 13.2. The summed E-state index contributed by atoms with van der Waals surface area (Å²) in [5.41, 5.74) is 2.67. The molecule has 0 fully saturated rings. The zero-order valence-corrected chi connectivity index (χ0v) is 19.9. The smallest absolute Gasteiger partial charge is 0.219 e. The molecular weight excluding hydrogens is 464 g/mol. The summed E-state index contributed by atoms with van der Waals surface area (Å²) in [5.74, 6) is 0.967. The van der Waals surface area contributed by atoms with Gasteiger partial charge in [-0.05, 0) is 42.8 Å². The second-order valence-corrected chi connectivity index (χ2v) is 10.1. The van der Waals surface area contributed by atoms with Gasteiger partial charge in [0.15, 0.2) is 4.91 Å². The summed E-state index contributed by atoms with van der Waals surface area (Å²) in [6.07, 6.45) is 0. The molecule has 164 valence electrons. The van der Waals surface area contributed by atoms with E-state index < -0.39 is 9.84 Å². The van der Waals surface area contributed by atoms with Crippen LogP contribution >= 0.6 is 23.4 Å². The van der Waals surface area contributed by atoms with Crippen LogP contribution in [-0.2, 0) is 15.6 Å². The molecule has 0 aromatic heterocycles. The minimum absolute atomic E-state index is 0.0551. The van der Waals surface area contributed by atoms with E-state index in [4.69, 9.17) is 16.3 Å². The van der Waals surface area contributed by atoms with Crippen molar-refractivity contribution in [3.8, 4) is 11.8 Å². The third-order valence-corrected chi connectivity index (χ3v) is 7.77. The number of nitrogens with zero attached hydrogens (tertiary/aromatic N) is 1. The highest BCUT2D eigenvalue weighted by Gasteiger charge is 2.25. The second kappa shape index (κ2) is 10.6. The first kappa shape index (κ1) is 23.7. The maximum absolute atomic E-state index is 13.2. The lowest BCUT2D eigenvalue weighted by Gasteiger charge is -2.15. The number of sulfone groups is 1. The van der Waals surface area contributed by atoms with Gasteiger partial charge in [-0.3, -0.25) is 0 Å². The number of nitrogens with one attached hydrogen (secondary N) is 1. The SMILES string of the molecule is COc1ccc(N/C(SCc2ccc(C)cc2)=C(/C#N)S(=O)(=O)c2ccccc2)cc1Cl. The number of nitriles is 1. The standard InChI is InChI=1S/C24H21ClN2O3S2/c1-17-8-10-18(11-9-17)16-31-24(27-19-12-13-22(30-2)21(25)14-19)23(15-26)32(28,29)20-6-4-3-5-7-20/h3-14,27H,16H2,1-2H3/b24-23+. The van der Waals surface area contributed by atoms with Crippen LogP contribution in [0.15, 0.2) is 87.6 Å². The average Bonchev–Trinajstić information content (AvgIpc) is 2.79. The van der Waals surface area contributed by atoms with Crippen molar-refractivity contribution < 1.29 is 13.2 Å². The van der Waals surface area contributed by atoms with Crippen molar-refractivity contribution in [2.24, 2.45) is 0 Å². The van der Waals surface area contributed by atoms with Gasteiger partial charge in [-0.2, -0.15) is 5.26 Å². The molecule has 3 rings (SSSR count). The molecule has 32 heavy (non-hydrogen) atoms. The van der Waals surface area contributed by atoms with E-state index in [2.05, 4.69) is 5.32 Å². The summed E-state index contributed by atoms with van der Waals surface area (Å²) < 4.78 is 31.7. The fourth-order valence-corrected chi connectivity index (χ4v) is 5.62. The molecule has 0 unspecified atom stereocenters. The van der Waals surface area contributed by atoms with Gasteiger partial charge in [-0.1, -0.05) is 59.6 Å². The lowest BCUT2D eigenvalue weighted by atomic mass is 10.2. The van der Waals surface area contributed by atoms with E-state index in [-0.39, 0.29) is 14.8 Å². The van der Waals surface area contributed by atoms with Crippen LogP contribution < -0.4 is 10.1 Å². The minimum Gasteiger partial charge on any atom is -0.495 e. The summed E-state index contributed by atoms with van der Waals surface area (Å²) in [4.78, 5) is -0.299. The van der Waals surface area contributed by atoms with Crippen LogP contribution in [0.1, 0.15) is 11.1 Å². The number of allylic oxidation sites excluding steroid dienone is 1. The van der Waals surface area contributed by atoms with Crippen molar-refractivity contribution in [3.63, 3.8) is 0 Å². The fraction of sp³-hybridized carbons (Fsp3) is 0.125. The first-order chi connectivity index (χ1) is 15.3. The van der Waals surface area contributed by atoms with Crippen molar-refractivity contribution >= 4 is 38.9 Å². The molecule has 0 saturated carbocycles. The zero-order valence-electron chi connectivity index (χ0n) is 17.5. The average molecular weight is 485 g/mol.